The normalized spacial score (nSPS) is 27.6. The summed E-state index contributed by atoms with van der Waals surface area (Å²) < 4.78 is 11.1. The van der Waals surface area contributed by atoms with Crippen LogP contribution in [0.2, 0.25) is 5.02 Å². The topological polar surface area (TPSA) is 138 Å². The van der Waals surface area contributed by atoms with Gasteiger partial charge in [0.05, 0.1) is 29.1 Å². The number of cyclic esters (lactones) is 1. The van der Waals surface area contributed by atoms with Crippen molar-refractivity contribution in [3.8, 4) is 11.5 Å². The number of imide groups is 1. The molecule has 2 N–H and O–H groups in total. The van der Waals surface area contributed by atoms with E-state index in [-0.39, 0.29) is 64.8 Å². The summed E-state index contributed by atoms with van der Waals surface area (Å²) in [5.74, 6) is -1.89. The minimum absolute atomic E-state index is 0.0363. The molecule has 2 amide bonds. The maximum atomic E-state index is 12.9. The molecule has 3 unspecified atom stereocenters. The zero-order valence-corrected chi connectivity index (χ0v) is 20.3. The lowest BCUT2D eigenvalue weighted by Gasteiger charge is -2.17. The van der Waals surface area contributed by atoms with Gasteiger partial charge in [-0.1, -0.05) is 46.7 Å². The summed E-state index contributed by atoms with van der Waals surface area (Å²) in [5.41, 5.74) is 0.213. The predicted molar refractivity (Wildman–Crippen MR) is 128 cm³/mol. The predicted octanol–water partition coefficient (Wildman–Crippen LogP) is 3.19. The third-order valence-corrected chi connectivity index (χ3v) is 6.79. The minimum Gasteiger partial charge on any atom is -0.507 e. The third kappa shape index (κ3) is 5.98. The monoisotopic (exact) mass is 522 g/mol. The van der Waals surface area contributed by atoms with Gasteiger partial charge in [-0.2, -0.15) is 0 Å². The number of ether oxygens (including phenoxy) is 2. The Balaban J connectivity index is 1.61. The molecule has 3 heterocycles. The molecule has 0 radical (unpaired) electrons. The van der Waals surface area contributed by atoms with Crippen LogP contribution in [0.3, 0.4) is 0 Å². The first-order valence-electron chi connectivity index (χ1n) is 10.8. The van der Waals surface area contributed by atoms with Crippen molar-refractivity contribution >= 4 is 46.2 Å². The molecule has 0 spiro atoms. The van der Waals surface area contributed by atoms with Crippen LogP contribution >= 0.6 is 23.4 Å². The highest BCUT2D eigenvalue weighted by atomic mass is 35.5. The zero-order chi connectivity index (χ0) is 25.1. The number of amides is 2. The molecule has 0 saturated carbocycles. The second-order valence-corrected chi connectivity index (χ2v) is 9.41. The number of phenols is 2. The van der Waals surface area contributed by atoms with Crippen LogP contribution in [0.25, 0.3) is 0 Å². The second-order valence-electron chi connectivity index (χ2n) is 8.11. The summed E-state index contributed by atoms with van der Waals surface area (Å²) in [6.45, 7) is 1.71. The smallest absolute Gasteiger partial charge is 0.342 e. The molecule has 12 heteroatoms. The van der Waals surface area contributed by atoms with E-state index in [0.29, 0.717) is 12.1 Å². The van der Waals surface area contributed by atoms with Gasteiger partial charge >= 0.3 is 5.97 Å². The van der Waals surface area contributed by atoms with Crippen LogP contribution in [-0.2, 0) is 25.5 Å². The van der Waals surface area contributed by atoms with Crippen LogP contribution < -0.4 is 0 Å². The van der Waals surface area contributed by atoms with Gasteiger partial charge in [-0.25, -0.2) is 4.79 Å². The van der Waals surface area contributed by atoms with E-state index in [1.165, 1.54) is 0 Å². The van der Waals surface area contributed by atoms with Gasteiger partial charge in [-0.3, -0.25) is 14.5 Å². The number of fused-ring (bicyclic) bond motifs is 2. The van der Waals surface area contributed by atoms with Gasteiger partial charge in [0.25, 0.3) is 5.24 Å². The Kier molecular flexibility index (Phi) is 7.68. The van der Waals surface area contributed by atoms with Gasteiger partial charge in [0.2, 0.25) is 5.91 Å². The number of hydrogen-bond donors (Lipinski definition) is 2. The number of hydrogen-bond acceptors (Lipinski definition) is 10. The maximum Gasteiger partial charge on any atom is 0.342 e. The average Bonchev–Trinajstić information content (AvgIpc) is 3.45. The molecule has 1 aromatic carbocycles. The molecule has 0 bridgehead atoms. The number of epoxide rings is 1. The van der Waals surface area contributed by atoms with Gasteiger partial charge in [0.1, 0.15) is 35.9 Å². The number of phenolic OH excluding ortho intramolecular Hbond substituents is 2. The Labute approximate surface area is 210 Å². The van der Waals surface area contributed by atoms with Crippen molar-refractivity contribution < 1.29 is 38.9 Å². The standard InChI is InChI=1S/C23H23ClN2O8S/c1-12-8-18-17(34-18)5-3-2-4-13(25-32-7-6-26-19(29)11-35-23(26)31)9-14-20(22(30)33-12)15(27)10-16(28)21(14)24/h2-5,10,12,17-18,27-28H,6-9,11H2,1H3/b4-2+,5-3-,25-13+. The van der Waals surface area contributed by atoms with Crippen molar-refractivity contribution in [3.63, 3.8) is 0 Å². The van der Waals surface area contributed by atoms with Crippen LogP contribution in [-0.4, -0.2) is 75.2 Å². The molecule has 2 fully saturated rings. The largest absolute Gasteiger partial charge is 0.507 e. The Hall–Kier alpha value is -3.02. The molecular weight excluding hydrogens is 500 g/mol. The molecule has 0 aliphatic carbocycles. The number of esters is 1. The molecule has 35 heavy (non-hydrogen) atoms. The van der Waals surface area contributed by atoms with E-state index < -0.39 is 23.6 Å². The fourth-order valence-electron chi connectivity index (χ4n) is 3.71. The summed E-state index contributed by atoms with van der Waals surface area (Å²) in [4.78, 5) is 42.8. The number of benzene rings is 1. The summed E-state index contributed by atoms with van der Waals surface area (Å²) in [6.07, 6.45) is 6.66. The average molecular weight is 523 g/mol. The first-order chi connectivity index (χ1) is 16.7. The number of carbonyl (C=O) groups excluding carboxylic acids is 3. The molecule has 0 aromatic heterocycles. The summed E-state index contributed by atoms with van der Waals surface area (Å²) in [6, 6.07) is 0.976. The van der Waals surface area contributed by atoms with E-state index in [1.807, 2.05) is 6.08 Å². The van der Waals surface area contributed by atoms with E-state index in [0.717, 1.165) is 22.7 Å². The number of rotatable bonds is 4. The molecule has 3 aliphatic rings. The van der Waals surface area contributed by atoms with Gasteiger partial charge in [0.15, 0.2) is 0 Å². The van der Waals surface area contributed by atoms with Crippen molar-refractivity contribution in [2.45, 2.75) is 38.1 Å². The molecule has 3 atom stereocenters. The van der Waals surface area contributed by atoms with E-state index in [9.17, 15) is 24.6 Å². The number of nitrogens with zero attached hydrogens (tertiary/aromatic N) is 2. The van der Waals surface area contributed by atoms with Crippen LogP contribution in [0, 0.1) is 0 Å². The fraction of sp³-hybridized carbons (Fsp3) is 0.391. The van der Waals surface area contributed by atoms with Crippen molar-refractivity contribution in [1.29, 1.82) is 0 Å². The fourth-order valence-corrected chi connectivity index (χ4v) is 4.68. The van der Waals surface area contributed by atoms with Crippen molar-refractivity contribution in [3.05, 3.63) is 46.5 Å². The minimum atomic E-state index is -0.801. The van der Waals surface area contributed by atoms with Crippen LogP contribution in [0.1, 0.15) is 29.3 Å². The molecule has 1 aromatic rings. The van der Waals surface area contributed by atoms with E-state index in [4.69, 9.17) is 25.9 Å². The first-order valence-corrected chi connectivity index (χ1v) is 12.2. The van der Waals surface area contributed by atoms with Gasteiger partial charge < -0.3 is 24.5 Å². The molecule has 3 aliphatic heterocycles. The number of aromatic hydroxyl groups is 2. The molecule has 10 nitrogen and oxygen atoms in total. The van der Waals surface area contributed by atoms with Crippen LogP contribution in [0.5, 0.6) is 11.5 Å². The highest BCUT2D eigenvalue weighted by molar-refractivity contribution is 8.14. The first kappa shape index (κ1) is 25.1. The van der Waals surface area contributed by atoms with Gasteiger partial charge in [-0.05, 0) is 18.6 Å². The Morgan fingerprint density at radius 1 is 1.26 bits per heavy atom. The molecule has 4 rings (SSSR count). The Bertz CT molecular complexity index is 1120. The van der Waals surface area contributed by atoms with E-state index in [1.54, 1.807) is 25.2 Å². The summed E-state index contributed by atoms with van der Waals surface area (Å²) in [7, 11) is 0. The lowest BCUT2D eigenvalue weighted by Crippen LogP contribution is -2.31. The Morgan fingerprint density at radius 3 is 2.80 bits per heavy atom. The molecule has 186 valence electrons. The lowest BCUT2D eigenvalue weighted by molar-refractivity contribution is -0.125. The number of allylic oxidation sites excluding steroid dienone is 3. The summed E-state index contributed by atoms with van der Waals surface area (Å²) in [5, 5.41) is 24.2. The van der Waals surface area contributed by atoms with Crippen LogP contribution in [0.15, 0.2) is 35.5 Å². The number of halogens is 1. The second kappa shape index (κ2) is 10.7. The van der Waals surface area contributed by atoms with E-state index >= 15 is 0 Å². The van der Waals surface area contributed by atoms with E-state index in [2.05, 4.69) is 5.16 Å². The zero-order valence-electron chi connectivity index (χ0n) is 18.7. The molecule has 2 saturated heterocycles. The third-order valence-electron chi connectivity index (χ3n) is 5.51. The molecular formula is C23H23ClN2O8S. The SMILES string of the molecule is CC1CC2OC2\C=C/C=C/C(=N\OCCN2C(=O)CSC2=O)Cc2c(Cl)c(O)cc(O)c2C(=O)O1. The lowest BCUT2D eigenvalue weighted by atomic mass is 9.99. The van der Waals surface area contributed by atoms with Gasteiger partial charge in [-0.15, -0.1) is 0 Å². The number of thioether (sulfide) groups is 1. The number of oxime groups is 1. The highest BCUT2D eigenvalue weighted by Crippen LogP contribution is 2.38. The number of carbonyl (C=O) groups is 3. The maximum absolute atomic E-state index is 12.9. The van der Waals surface area contributed by atoms with Gasteiger partial charge in [0, 0.05) is 18.9 Å². The van der Waals surface area contributed by atoms with Crippen LogP contribution in [0.4, 0.5) is 4.79 Å². The van der Waals surface area contributed by atoms with Crippen molar-refractivity contribution in [2.75, 3.05) is 18.9 Å². The Morgan fingerprint density at radius 2 is 2.06 bits per heavy atom. The highest BCUT2D eigenvalue weighted by Gasteiger charge is 2.38. The quantitative estimate of drug-likeness (QED) is 0.264. The van der Waals surface area contributed by atoms with Crippen molar-refractivity contribution in [2.24, 2.45) is 5.16 Å². The summed E-state index contributed by atoms with van der Waals surface area (Å²) >= 11 is 7.23. The van der Waals surface area contributed by atoms with Crippen molar-refractivity contribution in [1.82, 2.24) is 4.90 Å².